The number of nitrogens with zero attached hydrogens (tertiary/aromatic N) is 1. The molecule has 3 heteroatoms. The molecule has 0 aliphatic heterocycles. The quantitative estimate of drug-likeness (QED) is 0.814. The number of rotatable bonds is 4. The standard InChI is InChI=1S/C18H18FNO/c1-12(2)16-8-7-13(3)9-17(16)21-11-15-6-4-5-14(10-20)18(15)19/h4-9,12H,11H2,1-3H3. The Morgan fingerprint density at radius 3 is 2.67 bits per heavy atom. The number of halogens is 1. The van der Waals surface area contributed by atoms with Crippen molar-refractivity contribution < 1.29 is 9.13 Å². The number of aryl methyl sites for hydroxylation is 1. The maximum absolute atomic E-state index is 14.0. The van der Waals surface area contributed by atoms with Crippen LogP contribution in [0.2, 0.25) is 0 Å². The van der Waals surface area contributed by atoms with Crippen molar-refractivity contribution in [3.8, 4) is 11.8 Å². The molecule has 0 spiro atoms. The van der Waals surface area contributed by atoms with Crippen molar-refractivity contribution >= 4 is 0 Å². The molecule has 0 fully saturated rings. The highest BCUT2D eigenvalue weighted by molar-refractivity contribution is 5.40. The molecule has 108 valence electrons. The Balaban J connectivity index is 2.25. The van der Waals surface area contributed by atoms with Crippen LogP contribution in [-0.4, -0.2) is 0 Å². The summed E-state index contributed by atoms with van der Waals surface area (Å²) in [6, 6.07) is 12.7. The third kappa shape index (κ3) is 3.41. The van der Waals surface area contributed by atoms with Crippen molar-refractivity contribution in [2.45, 2.75) is 33.3 Å². The van der Waals surface area contributed by atoms with Gasteiger partial charge < -0.3 is 4.74 Å². The van der Waals surface area contributed by atoms with Crippen LogP contribution >= 0.6 is 0 Å². The first-order valence-electron chi connectivity index (χ1n) is 6.93. The second kappa shape index (κ2) is 6.41. The fourth-order valence-corrected chi connectivity index (χ4v) is 2.18. The van der Waals surface area contributed by atoms with E-state index in [1.165, 1.54) is 6.07 Å². The lowest BCUT2D eigenvalue weighted by molar-refractivity contribution is 0.295. The lowest BCUT2D eigenvalue weighted by Gasteiger charge is -2.15. The zero-order chi connectivity index (χ0) is 15.4. The van der Waals surface area contributed by atoms with E-state index < -0.39 is 5.82 Å². The fourth-order valence-electron chi connectivity index (χ4n) is 2.18. The van der Waals surface area contributed by atoms with E-state index in [9.17, 15) is 4.39 Å². The van der Waals surface area contributed by atoms with Crippen LogP contribution in [0.15, 0.2) is 36.4 Å². The average molecular weight is 283 g/mol. The molecule has 0 heterocycles. The molecule has 0 unspecified atom stereocenters. The highest BCUT2D eigenvalue weighted by atomic mass is 19.1. The van der Waals surface area contributed by atoms with Gasteiger partial charge in [0.05, 0.1) is 5.56 Å². The summed E-state index contributed by atoms with van der Waals surface area (Å²) in [6.07, 6.45) is 0. The van der Waals surface area contributed by atoms with Gasteiger partial charge in [0.1, 0.15) is 24.2 Å². The molecule has 0 saturated heterocycles. The molecule has 0 bridgehead atoms. The summed E-state index contributed by atoms with van der Waals surface area (Å²) in [5.41, 5.74) is 2.63. The first-order chi connectivity index (χ1) is 10.0. The molecule has 0 aliphatic carbocycles. The predicted octanol–water partition coefficient (Wildman–Crippen LogP) is 4.71. The summed E-state index contributed by atoms with van der Waals surface area (Å²) >= 11 is 0. The molecule has 0 saturated carbocycles. The molecule has 0 atom stereocenters. The van der Waals surface area contributed by atoms with Crippen LogP contribution in [-0.2, 0) is 6.61 Å². The molecule has 0 aliphatic rings. The van der Waals surface area contributed by atoms with E-state index in [2.05, 4.69) is 13.8 Å². The molecule has 0 aromatic heterocycles. The normalized spacial score (nSPS) is 10.5. The lowest BCUT2D eigenvalue weighted by Crippen LogP contribution is -2.03. The molecule has 21 heavy (non-hydrogen) atoms. The molecular weight excluding hydrogens is 265 g/mol. The van der Waals surface area contributed by atoms with Crippen LogP contribution in [0.4, 0.5) is 4.39 Å². The van der Waals surface area contributed by atoms with E-state index in [-0.39, 0.29) is 12.2 Å². The van der Waals surface area contributed by atoms with Crippen LogP contribution in [0.25, 0.3) is 0 Å². The Hall–Kier alpha value is -2.34. The smallest absolute Gasteiger partial charge is 0.147 e. The van der Waals surface area contributed by atoms with E-state index in [1.807, 2.05) is 31.2 Å². The number of benzene rings is 2. The van der Waals surface area contributed by atoms with Gasteiger partial charge in [0.2, 0.25) is 0 Å². The van der Waals surface area contributed by atoms with Gasteiger partial charge in [0, 0.05) is 5.56 Å². The zero-order valence-electron chi connectivity index (χ0n) is 12.5. The second-order valence-corrected chi connectivity index (χ2v) is 5.38. The Kier molecular flexibility index (Phi) is 4.59. The number of ether oxygens (including phenoxy) is 1. The van der Waals surface area contributed by atoms with Gasteiger partial charge in [0.15, 0.2) is 0 Å². The molecule has 0 N–H and O–H groups in total. The van der Waals surface area contributed by atoms with Crippen molar-refractivity contribution in [3.05, 3.63) is 64.5 Å². The van der Waals surface area contributed by atoms with Gasteiger partial charge in [-0.3, -0.25) is 0 Å². The number of hydrogen-bond donors (Lipinski definition) is 0. The Bertz CT molecular complexity index is 686. The zero-order valence-corrected chi connectivity index (χ0v) is 12.5. The van der Waals surface area contributed by atoms with Crippen molar-refractivity contribution in [1.29, 1.82) is 5.26 Å². The maximum atomic E-state index is 14.0. The molecule has 2 rings (SSSR count). The number of hydrogen-bond acceptors (Lipinski definition) is 2. The van der Waals surface area contributed by atoms with Crippen molar-refractivity contribution in [3.63, 3.8) is 0 Å². The van der Waals surface area contributed by atoms with E-state index >= 15 is 0 Å². The Labute approximate surface area is 124 Å². The highest BCUT2D eigenvalue weighted by Crippen LogP contribution is 2.28. The Morgan fingerprint density at radius 1 is 1.24 bits per heavy atom. The molecule has 2 aromatic rings. The molecule has 2 nitrogen and oxygen atoms in total. The largest absolute Gasteiger partial charge is 0.488 e. The van der Waals surface area contributed by atoms with E-state index in [1.54, 1.807) is 12.1 Å². The van der Waals surface area contributed by atoms with Crippen LogP contribution in [0, 0.1) is 24.1 Å². The minimum Gasteiger partial charge on any atom is -0.488 e. The van der Waals surface area contributed by atoms with Crippen molar-refractivity contribution in [2.24, 2.45) is 0 Å². The van der Waals surface area contributed by atoms with Gasteiger partial charge in [-0.15, -0.1) is 0 Å². The highest BCUT2D eigenvalue weighted by Gasteiger charge is 2.11. The van der Waals surface area contributed by atoms with Gasteiger partial charge in [-0.25, -0.2) is 4.39 Å². The van der Waals surface area contributed by atoms with Gasteiger partial charge in [-0.2, -0.15) is 5.26 Å². The summed E-state index contributed by atoms with van der Waals surface area (Å²) in [6.45, 7) is 6.29. The summed E-state index contributed by atoms with van der Waals surface area (Å²) in [7, 11) is 0. The van der Waals surface area contributed by atoms with Crippen molar-refractivity contribution in [1.82, 2.24) is 0 Å². The lowest BCUT2D eigenvalue weighted by atomic mass is 10.0. The van der Waals surface area contributed by atoms with Crippen LogP contribution in [0.1, 0.15) is 42.0 Å². The van der Waals surface area contributed by atoms with Crippen molar-refractivity contribution in [2.75, 3.05) is 0 Å². The predicted molar refractivity (Wildman–Crippen MR) is 80.7 cm³/mol. The van der Waals surface area contributed by atoms with Gasteiger partial charge in [-0.1, -0.05) is 38.1 Å². The van der Waals surface area contributed by atoms with Gasteiger partial charge in [-0.05, 0) is 36.1 Å². The minimum absolute atomic E-state index is 0.0458. The topological polar surface area (TPSA) is 33.0 Å². The van der Waals surface area contributed by atoms with Crippen LogP contribution in [0.3, 0.4) is 0 Å². The third-order valence-corrected chi connectivity index (χ3v) is 3.37. The summed E-state index contributed by atoms with van der Waals surface area (Å²) < 4.78 is 19.8. The first-order valence-corrected chi connectivity index (χ1v) is 6.93. The Morgan fingerprint density at radius 2 is 2.00 bits per heavy atom. The molecule has 2 aromatic carbocycles. The molecule has 0 radical (unpaired) electrons. The second-order valence-electron chi connectivity index (χ2n) is 5.38. The van der Waals surface area contributed by atoms with Gasteiger partial charge >= 0.3 is 0 Å². The molecular formula is C18H18FNO. The van der Waals surface area contributed by atoms with E-state index in [0.29, 0.717) is 11.5 Å². The number of nitriles is 1. The summed E-state index contributed by atoms with van der Waals surface area (Å²) in [4.78, 5) is 0. The van der Waals surface area contributed by atoms with E-state index in [0.717, 1.165) is 16.9 Å². The van der Waals surface area contributed by atoms with Gasteiger partial charge in [0.25, 0.3) is 0 Å². The first kappa shape index (κ1) is 15.1. The minimum atomic E-state index is -0.501. The third-order valence-electron chi connectivity index (χ3n) is 3.37. The molecule has 0 amide bonds. The summed E-state index contributed by atoms with van der Waals surface area (Å²) in [5, 5.41) is 8.85. The van der Waals surface area contributed by atoms with Crippen LogP contribution in [0.5, 0.6) is 5.75 Å². The van der Waals surface area contributed by atoms with E-state index in [4.69, 9.17) is 10.00 Å². The monoisotopic (exact) mass is 283 g/mol. The SMILES string of the molecule is Cc1ccc(C(C)C)c(OCc2cccc(C#N)c2F)c1. The maximum Gasteiger partial charge on any atom is 0.147 e. The average Bonchev–Trinajstić information content (AvgIpc) is 2.46. The van der Waals surface area contributed by atoms with Crippen LogP contribution < -0.4 is 4.74 Å². The summed E-state index contributed by atoms with van der Waals surface area (Å²) in [5.74, 6) is 0.599. The fraction of sp³-hybridized carbons (Fsp3) is 0.278.